The van der Waals surface area contributed by atoms with Crippen molar-refractivity contribution in [2.45, 2.75) is 52.6 Å². The molecule has 0 saturated heterocycles. The molecule has 0 saturated carbocycles. The number of benzene rings is 1. The van der Waals surface area contributed by atoms with Crippen LogP contribution in [0.4, 0.5) is 0 Å². The van der Waals surface area contributed by atoms with Gasteiger partial charge in [-0.25, -0.2) is 0 Å². The Morgan fingerprint density at radius 2 is 1.83 bits per heavy atom. The van der Waals surface area contributed by atoms with Gasteiger partial charge in [0, 0.05) is 0 Å². The molecule has 0 atom stereocenters. The number of hydrogen-bond donors (Lipinski definition) is 1. The van der Waals surface area contributed by atoms with Gasteiger partial charge in [-0.3, -0.25) is 0 Å². The highest BCUT2D eigenvalue weighted by Gasteiger charge is 2.05. The van der Waals surface area contributed by atoms with Gasteiger partial charge in [0.2, 0.25) is 0 Å². The highest BCUT2D eigenvalue weighted by atomic mass is 16.5. The monoisotopic (exact) mass is 249 g/mol. The summed E-state index contributed by atoms with van der Waals surface area (Å²) in [5, 5.41) is 11.8. The van der Waals surface area contributed by atoms with E-state index in [-0.39, 0.29) is 0 Å². The summed E-state index contributed by atoms with van der Waals surface area (Å²) in [6.45, 7) is 6.10. The maximum Gasteiger partial charge on any atom is 0.119 e. The third kappa shape index (κ3) is 4.78. The van der Waals surface area contributed by atoms with Crippen molar-refractivity contribution in [2.75, 3.05) is 0 Å². The fourth-order valence-electron chi connectivity index (χ4n) is 1.76. The number of oxime groups is 1. The Bertz CT molecular complexity index is 367. The zero-order valence-corrected chi connectivity index (χ0v) is 11.5. The molecule has 100 valence electrons. The lowest BCUT2D eigenvalue weighted by atomic mass is 10.1. The Kier molecular flexibility index (Phi) is 6.26. The van der Waals surface area contributed by atoms with E-state index in [9.17, 15) is 0 Å². The summed E-state index contributed by atoms with van der Waals surface area (Å²) in [7, 11) is 0. The average Bonchev–Trinajstić information content (AvgIpc) is 2.43. The van der Waals surface area contributed by atoms with E-state index in [0.29, 0.717) is 6.10 Å². The van der Waals surface area contributed by atoms with E-state index in [1.807, 2.05) is 19.1 Å². The molecule has 0 heterocycles. The number of aryl methyl sites for hydroxylation is 1. The third-order valence-electron chi connectivity index (χ3n) is 3.08. The second-order valence-electron chi connectivity index (χ2n) is 4.54. The summed E-state index contributed by atoms with van der Waals surface area (Å²) in [5.74, 6) is 0.931. The van der Waals surface area contributed by atoms with Crippen LogP contribution < -0.4 is 4.74 Å². The molecule has 0 unspecified atom stereocenters. The summed E-state index contributed by atoms with van der Waals surface area (Å²) in [6.07, 6.45) is 4.04. The van der Waals surface area contributed by atoms with Crippen molar-refractivity contribution in [3.05, 3.63) is 29.8 Å². The lowest BCUT2D eigenvalue weighted by Crippen LogP contribution is -2.13. The van der Waals surface area contributed by atoms with E-state index in [1.165, 1.54) is 5.56 Å². The van der Waals surface area contributed by atoms with Crippen LogP contribution in [0.25, 0.3) is 0 Å². The number of nitrogens with zero attached hydrogens (tertiary/aromatic N) is 1. The van der Waals surface area contributed by atoms with Gasteiger partial charge in [0.25, 0.3) is 0 Å². The molecule has 0 spiro atoms. The summed E-state index contributed by atoms with van der Waals surface area (Å²) in [6, 6.07) is 8.17. The zero-order chi connectivity index (χ0) is 13.4. The summed E-state index contributed by atoms with van der Waals surface area (Å²) in [4.78, 5) is 0. The quantitative estimate of drug-likeness (QED) is 0.450. The van der Waals surface area contributed by atoms with Crippen molar-refractivity contribution in [2.24, 2.45) is 5.16 Å². The fraction of sp³-hybridized carbons (Fsp3) is 0.533. The molecule has 1 aromatic carbocycles. The molecule has 1 aromatic rings. The summed E-state index contributed by atoms with van der Waals surface area (Å²) >= 11 is 0. The highest BCUT2D eigenvalue weighted by molar-refractivity contribution is 5.81. The minimum absolute atomic E-state index is 0.305. The molecular weight excluding hydrogens is 226 g/mol. The minimum atomic E-state index is 0.305. The lowest BCUT2D eigenvalue weighted by Gasteiger charge is -2.15. The van der Waals surface area contributed by atoms with Crippen LogP contribution in [0.15, 0.2) is 29.4 Å². The van der Waals surface area contributed by atoms with E-state index in [4.69, 9.17) is 9.94 Å². The maximum absolute atomic E-state index is 8.58. The van der Waals surface area contributed by atoms with Crippen LogP contribution in [0.1, 0.15) is 45.6 Å². The van der Waals surface area contributed by atoms with Crippen molar-refractivity contribution >= 4 is 5.71 Å². The van der Waals surface area contributed by atoms with E-state index in [2.05, 4.69) is 31.1 Å². The molecule has 0 bridgehead atoms. The molecule has 0 aliphatic heterocycles. The first-order chi connectivity index (χ1) is 8.69. The van der Waals surface area contributed by atoms with Crippen LogP contribution in [0, 0.1) is 0 Å². The molecule has 0 radical (unpaired) electrons. The average molecular weight is 249 g/mol. The van der Waals surface area contributed by atoms with Gasteiger partial charge in [-0.15, -0.1) is 0 Å². The second-order valence-corrected chi connectivity index (χ2v) is 4.54. The van der Waals surface area contributed by atoms with E-state index < -0.39 is 0 Å². The van der Waals surface area contributed by atoms with Crippen LogP contribution in [0.2, 0.25) is 0 Å². The second kappa shape index (κ2) is 7.75. The van der Waals surface area contributed by atoms with Gasteiger partial charge in [0.1, 0.15) is 5.75 Å². The van der Waals surface area contributed by atoms with Gasteiger partial charge in [-0.2, -0.15) is 0 Å². The van der Waals surface area contributed by atoms with Crippen LogP contribution in [0.3, 0.4) is 0 Å². The van der Waals surface area contributed by atoms with E-state index in [0.717, 1.165) is 37.1 Å². The van der Waals surface area contributed by atoms with Gasteiger partial charge in [-0.05, 0) is 50.3 Å². The molecule has 0 amide bonds. The molecule has 18 heavy (non-hydrogen) atoms. The molecule has 0 fully saturated rings. The number of hydrogen-bond acceptors (Lipinski definition) is 3. The number of ether oxygens (including phenoxy) is 1. The molecular formula is C15H23NO2. The summed E-state index contributed by atoms with van der Waals surface area (Å²) in [5.41, 5.74) is 1.99. The molecule has 0 aromatic heterocycles. The maximum atomic E-state index is 8.58. The molecule has 0 aliphatic carbocycles. The Hall–Kier alpha value is -1.51. The van der Waals surface area contributed by atoms with E-state index >= 15 is 0 Å². The lowest BCUT2D eigenvalue weighted by molar-refractivity contribution is 0.193. The Morgan fingerprint density at radius 3 is 2.33 bits per heavy atom. The van der Waals surface area contributed by atoms with Crippen molar-refractivity contribution < 1.29 is 9.94 Å². The topological polar surface area (TPSA) is 41.8 Å². The van der Waals surface area contributed by atoms with Crippen LogP contribution in [0.5, 0.6) is 5.75 Å². The van der Waals surface area contributed by atoms with Crippen molar-refractivity contribution in [1.29, 1.82) is 0 Å². The smallest absolute Gasteiger partial charge is 0.119 e. The van der Waals surface area contributed by atoms with Crippen molar-refractivity contribution in [3.8, 4) is 5.75 Å². The zero-order valence-electron chi connectivity index (χ0n) is 11.5. The van der Waals surface area contributed by atoms with Gasteiger partial charge in [0.15, 0.2) is 0 Å². The molecule has 0 aliphatic rings. The van der Waals surface area contributed by atoms with Crippen LogP contribution in [-0.2, 0) is 6.42 Å². The molecule has 1 N–H and O–H groups in total. The summed E-state index contributed by atoms with van der Waals surface area (Å²) < 4.78 is 5.85. The van der Waals surface area contributed by atoms with Crippen molar-refractivity contribution in [3.63, 3.8) is 0 Å². The Morgan fingerprint density at radius 1 is 1.22 bits per heavy atom. The fourth-order valence-corrected chi connectivity index (χ4v) is 1.76. The standard InChI is InChI=1S/C15H23NO2/c1-4-14(5-2)18-15-10-8-13(9-11-15)7-6-12(3)16-17/h8-11,14,17H,4-7H2,1-3H3. The van der Waals surface area contributed by atoms with Crippen molar-refractivity contribution in [1.82, 2.24) is 0 Å². The third-order valence-corrected chi connectivity index (χ3v) is 3.08. The predicted molar refractivity (Wildman–Crippen MR) is 74.7 cm³/mol. The normalized spacial score (nSPS) is 11.9. The van der Waals surface area contributed by atoms with Gasteiger partial charge in [0.05, 0.1) is 11.8 Å². The van der Waals surface area contributed by atoms with Gasteiger partial charge >= 0.3 is 0 Å². The first-order valence-electron chi connectivity index (χ1n) is 6.62. The SMILES string of the molecule is CCC(CC)Oc1ccc(CCC(C)=NO)cc1. The van der Waals surface area contributed by atoms with Crippen LogP contribution >= 0.6 is 0 Å². The Labute approximate surface area is 109 Å². The van der Waals surface area contributed by atoms with Gasteiger partial charge < -0.3 is 9.94 Å². The van der Waals surface area contributed by atoms with Crippen LogP contribution in [-0.4, -0.2) is 17.0 Å². The minimum Gasteiger partial charge on any atom is -0.490 e. The largest absolute Gasteiger partial charge is 0.490 e. The van der Waals surface area contributed by atoms with Gasteiger partial charge in [-0.1, -0.05) is 31.1 Å². The molecule has 3 nitrogen and oxygen atoms in total. The Balaban J connectivity index is 2.52. The predicted octanol–water partition coefficient (Wildman–Crippen LogP) is 4.04. The molecule has 1 rings (SSSR count). The van der Waals surface area contributed by atoms with E-state index in [1.54, 1.807) is 0 Å². The first-order valence-corrected chi connectivity index (χ1v) is 6.62. The highest BCUT2D eigenvalue weighted by Crippen LogP contribution is 2.17. The first kappa shape index (κ1) is 14.6. The number of rotatable bonds is 7. The molecule has 3 heteroatoms.